The number of Topliss-reactive ketones (excluding diaryl/α,β-unsaturated/α-hetero) is 1. The molecule has 33 heavy (non-hydrogen) atoms. The molecule has 1 aliphatic heterocycles. The average molecular weight is 503 g/mol. The number of ether oxygens (including phenoxy) is 1. The Balaban J connectivity index is 1.55. The maximum atomic E-state index is 13.0. The van der Waals surface area contributed by atoms with E-state index in [4.69, 9.17) is 27.9 Å². The highest BCUT2D eigenvalue weighted by atomic mass is 35.5. The van der Waals surface area contributed by atoms with Gasteiger partial charge in [-0.1, -0.05) is 42.1 Å². The van der Waals surface area contributed by atoms with Gasteiger partial charge in [0.15, 0.2) is 12.4 Å². The number of hydrogen-bond acceptors (Lipinski definition) is 5. The molecule has 5 nitrogen and oxygen atoms in total. The molecular formula is C23H23Cl2F3N2O3. The first-order chi connectivity index (χ1) is 15.6. The number of rotatable bonds is 7. The predicted molar refractivity (Wildman–Crippen MR) is 119 cm³/mol. The zero-order chi connectivity index (χ0) is 23.8. The Bertz CT molecular complexity index is 1030. The molecule has 1 saturated carbocycles. The molecule has 1 saturated heterocycles. The molecule has 2 fully saturated rings. The van der Waals surface area contributed by atoms with Gasteiger partial charge in [-0.05, 0) is 48.9 Å². The van der Waals surface area contributed by atoms with Crippen molar-refractivity contribution >= 4 is 29.0 Å². The Morgan fingerprint density at radius 1 is 1.18 bits per heavy atom. The fourth-order valence-electron chi connectivity index (χ4n) is 4.33. The van der Waals surface area contributed by atoms with Crippen molar-refractivity contribution in [1.82, 2.24) is 10.3 Å². The number of carbonyl (C=O) groups excluding carboxylic acids is 1. The summed E-state index contributed by atoms with van der Waals surface area (Å²) in [5, 5.41) is 13.9. The molecule has 0 radical (unpaired) electrons. The number of aliphatic hydroxyl groups is 1. The predicted octanol–water partition coefficient (Wildman–Crippen LogP) is 5.46. The van der Waals surface area contributed by atoms with E-state index < -0.39 is 18.8 Å². The number of ketones is 1. The number of aliphatic hydroxyl groups excluding tert-OH is 1. The Labute approximate surface area is 199 Å². The van der Waals surface area contributed by atoms with Crippen molar-refractivity contribution in [3.63, 3.8) is 0 Å². The molecule has 2 heterocycles. The monoisotopic (exact) mass is 502 g/mol. The molecule has 4 rings (SSSR count). The number of nitrogens with one attached hydrogen (secondary N) is 1. The molecule has 0 spiro atoms. The molecule has 2 aromatic rings. The van der Waals surface area contributed by atoms with Crippen molar-refractivity contribution in [1.29, 1.82) is 0 Å². The molecule has 1 aliphatic carbocycles. The van der Waals surface area contributed by atoms with Crippen LogP contribution in [0.1, 0.15) is 42.5 Å². The van der Waals surface area contributed by atoms with Crippen LogP contribution in [0.5, 0.6) is 5.88 Å². The van der Waals surface area contributed by atoms with Crippen LogP contribution in [-0.4, -0.2) is 46.8 Å². The minimum absolute atomic E-state index is 0.0372. The van der Waals surface area contributed by atoms with Gasteiger partial charge in [0, 0.05) is 23.4 Å². The zero-order valence-electron chi connectivity index (χ0n) is 17.5. The van der Waals surface area contributed by atoms with Crippen LogP contribution < -0.4 is 10.1 Å². The summed E-state index contributed by atoms with van der Waals surface area (Å²) in [6, 6.07) is 5.58. The molecule has 4 unspecified atom stereocenters. The molecule has 1 aromatic carbocycles. The van der Waals surface area contributed by atoms with E-state index in [1.165, 1.54) is 24.4 Å². The third-order valence-corrected chi connectivity index (χ3v) is 6.87. The summed E-state index contributed by atoms with van der Waals surface area (Å²) in [5.74, 6) is -0.300. The summed E-state index contributed by atoms with van der Waals surface area (Å²) in [5.41, 5.74) is 0.887. The molecule has 4 atom stereocenters. The van der Waals surface area contributed by atoms with E-state index in [0.717, 1.165) is 25.7 Å². The van der Waals surface area contributed by atoms with Crippen molar-refractivity contribution < 1.29 is 27.8 Å². The van der Waals surface area contributed by atoms with E-state index in [1.807, 2.05) is 0 Å². The van der Waals surface area contributed by atoms with Crippen LogP contribution >= 0.6 is 23.2 Å². The van der Waals surface area contributed by atoms with E-state index in [9.17, 15) is 23.1 Å². The first-order valence-electron chi connectivity index (χ1n) is 10.8. The lowest BCUT2D eigenvalue weighted by atomic mass is 9.83. The second-order valence-corrected chi connectivity index (χ2v) is 9.39. The standard InChI is InChI=1S/C23H23Cl2F3N2O3/c24-16-6-5-12(8-17(16)25)15-7-14(10-29-22(15)33-11-23(26,27)28)21(32)20-18(30-20)9-13-3-1-2-4-19(13)31/h5-8,10,13,18-20,30-31H,1-4,9,11H2. The fraction of sp³-hybridized carbons (Fsp3) is 0.478. The van der Waals surface area contributed by atoms with Gasteiger partial charge in [0.25, 0.3) is 0 Å². The van der Waals surface area contributed by atoms with Gasteiger partial charge in [-0.15, -0.1) is 0 Å². The number of pyridine rings is 1. The number of aromatic nitrogens is 1. The van der Waals surface area contributed by atoms with Crippen molar-refractivity contribution in [2.24, 2.45) is 5.92 Å². The molecule has 0 amide bonds. The van der Waals surface area contributed by atoms with Crippen LogP contribution in [0.15, 0.2) is 30.5 Å². The van der Waals surface area contributed by atoms with Gasteiger partial charge in [-0.3, -0.25) is 4.79 Å². The largest absolute Gasteiger partial charge is 0.468 e. The SMILES string of the molecule is O=C(c1cnc(OCC(F)(F)F)c(-c2ccc(Cl)c(Cl)c2)c1)C1NC1CC1CCCCC1O. The Morgan fingerprint density at radius 2 is 1.94 bits per heavy atom. The summed E-state index contributed by atoms with van der Waals surface area (Å²) in [4.78, 5) is 17.0. The highest BCUT2D eigenvalue weighted by molar-refractivity contribution is 6.42. The molecular weight excluding hydrogens is 480 g/mol. The summed E-state index contributed by atoms with van der Waals surface area (Å²) in [6.45, 7) is -1.52. The van der Waals surface area contributed by atoms with Crippen molar-refractivity contribution in [2.75, 3.05) is 6.61 Å². The molecule has 0 bridgehead atoms. The van der Waals surface area contributed by atoms with Gasteiger partial charge < -0.3 is 15.2 Å². The first kappa shape index (κ1) is 24.3. The van der Waals surface area contributed by atoms with Gasteiger partial charge in [0.05, 0.1) is 22.2 Å². The van der Waals surface area contributed by atoms with E-state index >= 15 is 0 Å². The first-order valence-corrected chi connectivity index (χ1v) is 11.5. The topological polar surface area (TPSA) is 81.4 Å². The Kier molecular flexibility index (Phi) is 7.19. The van der Waals surface area contributed by atoms with Crippen LogP contribution in [0, 0.1) is 5.92 Å². The van der Waals surface area contributed by atoms with E-state index in [1.54, 1.807) is 6.07 Å². The number of carbonyl (C=O) groups is 1. The smallest absolute Gasteiger partial charge is 0.422 e. The highest BCUT2D eigenvalue weighted by Crippen LogP contribution is 2.36. The van der Waals surface area contributed by atoms with Gasteiger partial charge >= 0.3 is 6.18 Å². The molecule has 10 heteroatoms. The second-order valence-electron chi connectivity index (χ2n) is 8.57. The van der Waals surface area contributed by atoms with Crippen LogP contribution in [0.4, 0.5) is 13.2 Å². The van der Waals surface area contributed by atoms with E-state index in [0.29, 0.717) is 12.0 Å². The molecule has 2 N–H and O–H groups in total. The second kappa shape index (κ2) is 9.78. The molecule has 1 aromatic heterocycles. The van der Waals surface area contributed by atoms with Crippen molar-refractivity contribution in [3.05, 3.63) is 46.1 Å². The maximum Gasteiger partial charge on any atom is 0.422 e. The average Bonchev–Trinajstić information content (AvgIpc) is 3.54. The zero-order valence-corrected chi connectivity index (χ0v) is 19.1. The lowest BCUT2D eigenvalue weighted by molar-refractivity contribution is -0.154. The normalized spacial score (nSPS) is 25.0. The van der Waals surface area contributed by atoms with Gasteiger partial charge in [-0.25, -0.2) is 4.98 Å². The van der Waals surface area contributed by atoms with E-state index in [-0.39, 0.29) is 50.9 Å². The summed E-state index contributed by atoms with van der Waals surface area (Å²) in [6.07, 6.45) is 0.859. The number of halogens is 5. The van der Waals surface area contributed by atoms with E-state index in [2.05, 4.69) is 10.3 Å². The van der Waals surface area contributed by atoms with Crippen molar-refractivity contribution in [3.8, 4) is 17.0 Å². The summed E-state index contributed by atoms with van der Waals surface area (Å²) in [7, 11) is 0. The third kappa shape index (κ3) is 5.98. The highest BCUT2D eigenvalue weighted by Gasteiger charge is 2.44. The summed E-state index contributed by atoms with van der Waals surface area (Å²) < 4.78 is 43.0. The Hall–Kier alpha value is -1.87. The van der Waals surface area contributed by atoms with Crippen LogP contribution in [0.2, 0.25) is 10.0 Å². The minimum atomic E-state index is -4.54. The molecule has 178 valence electrons. The quantitative estimate of drug-likeness (QED) is 0.388. The van der Waals surface area contributed by atoms with Crippen LogP contribution in [0.25, 0.3) is 11.1 Å². The minimum Gasteiger partial charge on any atom is -0.468 e. The maximum absolute atomic E-state index is 13.0. The van der Waals surface area contributed by atoms with Crippen molar-refractivity contribution in [2.45, 2.75) is 56.5 Å². The van der Waals surface area contributed by atoms with Gasteiger partial charge in [0.2, 0.25) is 5.88 Å². The number of alkyl halides is 3. The number of nitrogens with zero attached hydrogens (tertiary/aromatic N) is 1. The fourth-order valence-corrected chi connectivity index (χ4v) is 4.63. The van der Waals surface area contributed by atoms with Crippen LogP contribution in [0.3, 0.4) is 0 Å². The number of benzene rings is 1. The van der Waals surface area contributed by atoms with Gasteiger partial charge in [0.1, 0.15) is 0 Å². The van der Waals surface area contributed by atoms with Crippen LogP contribution in [-0.2, 0) is 0 Å². The lowest BCUT2D eigenvalue weighted by Gasteiger charge is -2.27. The number of hydrogen-bond donors (Lipinski definition) is 2. The lowest BCUT2D eigenvalue weighted by Crippen LogP contribution is -2.26. The molecule has 2 aliphatic rings. The Morgan fingerprint density at radius 3 is 2.64 bits per heavy atom. The summed E-state index contributed by atoms with van der Waals surface area (Å²) >= 11 is 12.0. The third-order valence-electron chi connectivity index (χ3n) is 6.13. The van der Waals surface area contributed by atoms with Gasteiger partial charge in [-0.2, -0.15) is 13.2 Å².